The molecule has 0 saturated heterocycles. The number of carbonyl (C=O) groups excluding carboxylic acids is 1. The van der Waals surface area contributed by atoms with E-state index in [4.69, 9.17) is 4.42 Å². The molecule has 0 aromatic carbocycles. The fourth-order valence-corrected chi connectivity index (χ4v) is 4.01. The Bertz CT molecular complexity index is 787. The van der Waals surface area contributed by atoms with Crippen LogP contribution in [-0.4, -0.2) is 22.0 Å². The molecule has 1 aliphatic carbocycles. The lowest BCUT2D eigenvalue weighted by Gasteiger charge is -2.19. The summed E-state index contributed by atoms with van der Waals surface area (Å²) in [7, 11) is 0. The molecule has 2 N–H and O–H groups in total. The topological polar surface area (TPSA) is 92.4 Å². The van der Waals surface area contributed by atoms with Crippen LogP contribution in [0.4, 0.5) is 0 Å². The van der Waals surface area contributed by atoms with E-state index in [9.17, 15) is 14.7 Å². The van der Waals surface area contributed by atoms with Gasteiger partial charge in [-0.1, -0.05) is 27.7 Å². The number of carboxylic acids is 1. The molecule has 1 fully saturated rings. The molecule has 2 aromatic heterocycles. The van der Waals surface area contributed by atoms with E-state index in [1.807, 2.05) is 33.8 Å². The first kappa shape index (κ1) is 16.5. The first-order valence-electron chi connectivity index (χ1n) is 7.95. The van der Waals surface area contributed by atoms with Gasteiger partial charge in [0.15, 0.2) is 5.41 Å². The summed E-state index contributed by atoms with van der Waals surface area (Å²) in [6, 6.07) is 3.12. The Morgan fingerprint density at radius 3 is 2.38 bits per heavy atom. The quantitative estimate of drug-likeness (QED) is 0.840. The first-order chi connectivity index (χ1) is 11.1. The third kappa shape index (κ3) is 1.79. The van der Waals surface area contributed by atoms with Crippen LogP contribution in [0, 0.1) is 16.2 Å². The zero-order valence-corrected chi connectivity index (χ0v) is 14.5. The molecule has 1 aliphatic rings. The molecule has 3 rings (SSSR count). The molecule has 0 bridgehead atoms. The van der Waals surface area contributed by atoms with Crippen molar-refractivity contribution in [2.75, 3.05) is 0 Å². The number of hydrogen-bond donors (Lipinski definition) is 2. The molecular weight excluding hydrogens is 308 g/mol. The van der Waals surface area contributed by atoms with Gasteiger partial charge in [0, 0.05) is 17.8 Å². The van der Waals surface area contributed by atoms with E-state index in [0.717, 1.165) is 5.39 Å². The number of carbonyl (C=O) groups is 2. The zero-order chi connectivity index (χ0) is 17.9. The third-order valence-corrected chi connectivity index (χ3v) is 6.15. The minimum absolute atomic E-state index is 0.437. The van der Waals surface area contributed by atoms with Gasteiger partial charge in [0.2, 0.25) is 5.91 Å². The van der Waals surface area contributed by atoms with Crippen molar-refractivity contribution in [3.05, 3.63) is 30.3 Å². The summed E-state index contributed by atoms with van der Waals surface area (Å²) in [6.45, 7) is 9.05. The zero-order valence-electron chi connectivity index (χ0n) is 14.5. The van der Waals surface area contributed by atoms with Crippen LogP contribution in [0.1, 0.15) is 46.4 Å². The minimum atomic E-state index is -1.44. The van der Waals surface area contributed by atoms with E-state index < -0.39 is 34.2 Å². The number of rotatable bonds is 4. The van der Waals surface area contributed by atoms with E-state index in [1.54, 1.807) is 25.4 Å². The van der Waals surface area contributed by atoms with Gasteiger partial charge in [0.1, 0.15) is 11.3 Å². The second-order valence-corrected chi connectivity index (χ2v) is 7.56. The number of fused-ring (bicyclic) bond motifs is 1. The summed E-state index contributed by atoms with van der Waals surface area (Å²) in [5.74, 6) is -0.991. The van der Waals surface area contributed by atoms with Crippen LogP contribution in [0.2, 0.25) is 0 Å². The molecule has 0 radical (unpaired) electrons. The molecule has 2 aromatic rings. The Hall–Kier alpha value is -2.37. The molecular formula is C18H22N2O4. The Kier molecular flexibility index (Phi) is 3.31. The van der Waals surface area contributed by atoms with E-state index in [0.29, 0.717) is 11.3 Å². The summed E-state index contributed by atoms with van der Waals surface area (Å²) in [6.07, 6.45) is 3.32. The van der Waals surface area contributed by atoms with Gasteiger partial charge in [0.25, 0.3) is 0 Å². The van der Waals surface area contributed by atoms with Crippen LogP contribution >= 0.6 is 0 Å². The number of carboxylic acid groups (broad SMARTS) is 1. The van der Waals surface area contributed by atoms with Crippen LogP contribution in [0.15, 0.2) is 28.9 Å². The maximum Gasteiger partial charge on any atom is 0.320 e. The van der Waals surface area contributed by atoms with Crippen molar-refractivity contribution in [3.63, 3.8) is 0 Å². The maximum atomic E-state index is 12.9. The molecule has 1 unspecified atom stereocenters. The highest BCUT2D eigenvalue weighted by Crippen LogP contribution is 2.78. The van der Waals surface area contributed by atoms with E-state index in [1.165, 1.54) is 0 Å². The summed E-state index contributed by atoms with van der Waals surface area (Å²) in [5, 5.41) is 13.4. The SMILES string of the molecule is CC(NC(=O)C1(C(=O)O)C(C)(C)C1(C)C)c1cc2cnccc2o1. The monoisotopic (exact) mass is 330 g/mol. The summed E-state index contributed by atoms with van der Waals surface area (Å²) in [5.41, 5.74) is -2.02. The molecule has 6 nitrogen and oxygen atoms in total. The predicted molar refractivity (Wildman–Crippen MR) is 88.2 cm³/mol. The van der Waals surface area contributed by atoms with E-state index >= 15 is 0 Å². The van der Waals surface area contributed by atoms with Crippen LogP contribution in [0.3, 0.4) is 0 Å². The number of hydrogen-bond acceptors (Lipinski definition) is 4. The minimum Gasteiger partial charge on any atom is -0.480 e. The lowest BCUT2D eigenvalue weighted by atomic mass is 9.93. The lowest BCUT2D eigenvalue weighted by molar-refractivity contribution is -0.152. The molecule has 0 aliphatic heterocycles. The summed E-state index contributed by atoms with van der Waals surface area (Å²) < 4.78 is 5.73. The highest BCUT2D eigenvalue weighted by molar-refractivity contribution is 6.08. The number of amides is 1. The molecule has 1 saturated carbocycles. The number of nitrogens with zero attached hydrogens (tertiary/aromatic N) is 1. The predicted octanol–water partition coefficient (Wildman–Crippen LogP) is 3.14. The molecule has 1 atom stereocenters. The average Bonchev–Trinajstić information content (AvgIpc) is 2.79. The third-order valence-electron chi connectivity index (χ3n) is 6.15. The average molecular weight is 330 g/mol. The Balaban J connectivity index is 1.87. The second kappa shape index (κ2) is 4.82. The van der Waals surface area contributed by atoms with Crippen molar-refractivity contribution >= 4 is 22.8 Å². The normalized spacial score (nSPS) is 21.2. The second-order valence-electron chi connectivity index (χ2n) is 7.56. The largest absolute Gasteiger partial charge is 0.480 e. The Morgan fingerprint density at radius 2 is 1.88 bits per heavy atom. The van der Waals surface area contributed by atoms with Crippen LogP contribution in [-0.2, 0) is 9.59 Å². The maximum absolute atomic E-state index is 12.9. The molecule has 24 heavy (non-hydrogen) atoms. The highest BCUT2D eigenvalue weighted by atomic mass is 16.4. The van der Waals surface area contributed by atoms with Crippen LogP contribution in [0.25, 0.3) is 11.0 Å². The Morgan fingerprint density at radius 1 is 1.25 bits per heavy atom. The number of aliphatic carboxylic acids is 1. The van der Waals surface area contributed by atoms with Crippen molar-refractivity contribution < 1.29 is 19.1 Å². The molecule has 0 spiro atoms. The van der Waals surface area contributed by atoms with Crippen molar-refractivity contribution in [2.45, 2.75) is 40.7 Å². The lowest BCUT2D eigenvalue weighted by Crippen LogP contribution is -2.42. The molecule has 1 amide bonds. The van der Waals surface area contributed by atoms with Gasteiger partial charge in [0.05, 0.1) is 6.04 Å². The summed E-state index contributed by atoms with van der Waals surface area (Å²) in [4.78, 5) is 28.8. The molecule has 6 heteroatoms. The van der Waals surface area contributed by atoms with Gasteiger partial charge in [-0.05, 0) is 29.9 Å². The number of furan rings is 1. The molecule has 2 heterocycles. The van der Waals surface area contributed by atoms with Gasteiger partial charge in [-0.2, -0.15) is 0 Å². The standard InChI is InChI=1S/C18H22N2O4/c1-10(13-8-11-9-19-7-6-12(11)24-13)20-14(21)18(15(22)23)16(2,3)17(18,4)5/h6-10H,1-5H3,(H,20,21)(H,22,23). The highest BCUT2D eigenvalue weighted by Gasteiger charge is 2.85. The fourth-order valence-electron chi connectivity index (χ4n) is 4.01. The van der Waals surface area contributed by atoms with Crippen molar-refractivity contribution in [1.82, 2.24) is 10.3 Å². The van der Waals surface area contributed by atoms with Gasteiger partial charge >= 0.3 is 5.97 Å². The smallest absolute Gasteiger partial charge is 0.320 e. The van der Waals surface area contributed by atoms with Gasteiger partial charge < -0.3 is 14.8 Å². The van der Waals surface area contributed by atoms with Crippen LogP contribution in [0.5, 0.6) is 0 Å². The van der Waals surface area contributed by atoms with E-state index in [2.05, 4.69) is 10.3 Å². The summed E-state index contributed by atoms with van der Waals surface area (Å²) >= 11 is 0. The number of aromatic nitrogens is 1. The van der Waals surface area contributed by atoms with Crippen molar-refractivity contribution in [3.8, 4) is 0 Å². The van der Waals surface area contributed by atoms with Crippen LogP contribution < -0.4 is 5.32 Å². The number of pyridine rings is 1. The van der Waals surface area contributed by atoms with E-state index in [-0.39, 0.29) is 0 Å². The number of nitrogens with one attached hydrogen (secondary N) is 1. The fraction of sp³-hybridized carbons (Fsp3) is 0.500. The Labute approximate surface area is 140 Å². The van der Waals surface area contributed by atoms with Crippen molar-refractivity contribution in [1.29, 1.82) is 0 Å². The first-order valence-corrected chi connectivity index (χ1v) is 7.95. The van der Waals surface area contributed by atoms with Gasteiger partial charge in [-0.25, -0.2) is 0 Å². The molecule has 128 valence electrons. The van der Waals surface area contributed by atoms with Gasteiger partial charge in [-0.15, -0.1) is 0 Å². The van der Waals surface area contributed by atoms with Gasteiger partial charge in [-0.3, -0.25) is 14.6 Å². The van der Waals surface area contributed by atoms with Crippen molar-refractivity contribution in [2.24, 2.45) is 16.2 Å².